The molecule has 0 saturated carbocycles. The second-order valence-electron chi connectivity index (χ2n) is 6.72. The number of anilines is 1. The maximum Gasteiger partial charge on any atom is 0.193 e. The van der Waals surface area contributed by atoms with E-state index in [1.165, 1.54) is 6.20 Å². The number of nitrogens with zero attached hydrogens (tertiary/aromatic N) is 7. The minimum atomic E-state index is -3.53. The summed E-state index contributed by atoms with van der Waals surface area (Å²) in [6.45, 7) is 2.58. The first-order chi connectivity index (χ1) is 13.0. The number of aromatic nitrogens is 7. The lowest BCUT2D eigenvalue weighted by Gasteiger charge is -2.34. The van der Waals surface area contributed by atoms with E-state index in [-0.39, 0.29) is 5.03 Å². The smallest absolute Gasteiger partial charge is 0.193 e. The van der Waals surface area contributed by atoms with Gasteiger partial charge in [-0.25, -0.2) is 23.5 Å². The molecule has 3 aromatic rings. The highest BCUT2D eigenvalue weighted by atomic mass is 32.2. The quantitative estimate of drug-likeness (QED) is 0.680. The Balaban J connectivity index is 1.61. The van der Waals surface area contributed by atoms with Gasteiger partial charge in [0.05, 0.1) is 17.6 Å². The number of pyridine rings is 1. The van der Waals surface area contributed by atoms with Gasteiger partial charge in [-0.15, -0.1) is 5.10 Å². The van der Waals surface area contributed by atoms with E-state index in [0.29, 0.717) is 17.3 Å². The van der Waals surface area contributed by atoms with Gasteiger partial charge in [-0.3, -0.25) is 0 Å². The van der Waals surface area contributed by atoms with Crippen LogP contribution in [0.15, 0.2) is 36.0 Å². The molecule has 0 radical (unpaired) electrons. The van der Waals surface area contributed by atoms with Crippen LogP contribution < -0.4 is 4.90 Å². The highest BCUT2D eigenvalue weighted by molar-refractivity contribution is 7.90. The number of hydrogen-bond donors (Lipinski definition) is 1. The Bertz CT molecular complexity index is 993. The highest BCUT2D eigenvalue weighted by Crippen LogP contribution is 2.35. The number of sulfone groups is 1. The number of tetrazole rings is 1. The topological polar surface area (TPSA) is 123 Å². The minimum Gasteiger partial charge on any atom is -0.371 e. The molecule has 11 heteroatoms. The predicted octanol–water partition coefficient (Wildman–Crippen LogP) is 0.778. The first-order valence-electron chi connectivity index (χ1n) is 8.66. The fourth-order valence-corrected chi connectivity index (χ4v) is 4.34. The average molecular weight is 388 g/mol. The van der Waals surface area contributed by atoms with Gasteiger partial charge in [0.25, 0.3) is 0 Å². The van der Waals surface area contributed by atoms with Gasteiger partial charge in [0.1, 0.15) is 0 Å². The summed E-state index contributed by atoms with van der Waals surface area (Å²) in [6, 6.07) is 1.82. The van der Waals surface area contributed by atoms with Crippen molar-refractivity contribution >= 4 is 15.5 Å². The van der Waals surface area contributed by atoms with Gasteiger partial charge in [-0.05, 0) is 35.3 Å². The van der Waals surface area contributed by atoms with Crippen molar-refractivity contribution in [2.45, 2.75) is 24.4 Å². The Morgan fingerprint density at radius 1 is 1.26 bits per heavy atom. The Labute approximate surface area is 156 Å². The van der Waals surface area contributed by atoms with Gasteiger partial charge in [0, 0.05) is 44.5 Å². The molecule has 0 bridgehead atoms. The molecule has 1 aliphatic heterocycles. The molecule has 10 nitrogen and oxygen atoms in total. The molecule has 0 aromatic carbocycles. The average Bonchev–Trinajstić information content (AvgIpc) is 3.35. The lowest BCUT2D eigenvalue weighted by Crippen LogP contribution is -2.35. The fourth-order valence-electron chi connectivity index (χ4n) is 3.51. The molecule has 1 aliphatic rings. The zero-order valence-corrected chi connectivity index (χ0v) is 15.7. The lowest BCUT2D eigenvalue weighted by molar-refractivity contribution is 0.357. The molecule has 27 heavy (non-hydrogen) atoms. The summed E-state index contributed by atoms with van der Waals surface area (Å²) in [5.74, 6) is 0.862. The normalized spacial score (nSPS) is 16.0. The maximum absolute atomic E-state index is 12.2. The molecular weight excluding hydrogens is 368 g/mol. The van der Waals surface area contributed by atoms with E-state index in [9.17, 15) is 8.42 Å². The van der Waals surface area contributed by atoms with Crippen molar-refractivity contribution in [2.75, 3.05) is 24.2 Å². The Hall–Kier alpha value is -2.82. The van der Waals surface area contributed by atoms with Crippen LogP contribution in [0.25, 0.3) is 11.4 Å². The van der Waals surface area contributed by atoms with Crippen LogP contribution in [0.3, 0.4) is 0 Å². The Morgan fingerprint density at radius 2 is 2.07 bits per heavy atom. The fraction of sp³-hybridized carbons (Fsp3) is 0.438. The third kappa shape index (κ3) is 3.68. The molecule has 0 spiro atoms. The predicted molar refractivity (Wildman–Crippen MR) is 97.7 cm³/mol. The Morgan fingerprint density at radius 3 is 2.70 bits per heavy atom. The van der Waals surface area contributed by atoms with Crippen LogP contribution in [0.1, 0.15) is 12.8 Å². The zero-order chi connectivity index (χ0) is 18.9. The molecule has 0 amide bonds. The van der Waals surface area contributed by atoms with Gasteiger partial charge >= 0.3 is 0 Å². The number of nitrogens with one attached hydrogen (secondary N) is 1. The summed E-state index contributed by atoms with van der Waals surface area (Å²) in [6.07, 6.45) is 10.3. The SMILES string of the molecule is CS(=O)(=O)c1nccc(N2CCC(Cn3ccnc3)CC2)c1-c1nnn[nH]1. The first kappa shape index (κ1) is 17.6. The van der Waals surface area contributed by atoms with Crippen molar-refractivity contribution in [3.8, 4) is 11.4 Å². The summed E-state index contributed by atoms with van der Waals surface area (Å²) >= 11 is 0. The van der Waals surface area contributed by atoms with E-state index >= 15 is 0 Å². The molecule has 0 unspecified atom stereocenters. The summed E-state index contributed by atoms with van der Waals surface area (Å²) in [5, 5.41) is 13.8. The van der Waals surface area contributed by atoms with Gasteiger partial charge in [0.2, 0.25) is 0 Å². The standard InChI is InChI=1S/C16H20N8O2S/c1-27(25,26)16-14(15-19-21-22-20-15)13(2-5-18-16)24-7-3-12(4-8-24)10-23-9-6-17-11-23/h2,5-6,9,11-12H,3-4,7-8,10H2,1H3,(H,19,20,21,22). The number of aromatic amines is 1. The van der Waals surface area contributed by atoms with E-state index in [1.807, 2.05) is 18.6 Å². The van der Waals surface area contributed by atoms with E-state index in [0.717, 1.165) is 44.4 Å². The van der Waals surface area contributed by atoms with Gasteiger partial charge in [0.15, 0.2) is 20.7 Å². The summed E-state index contributed by atoms with van der Waals surface area (Å²) in [5.41, 5.74) is 1.21. The molecule has 1 N–H and O–H groups in total. The molecule has 1 saturated heterocycles. The van der Waals surface area contributed by atoms with Gasteiger partial charge in [-0.1, -0.05) is 0 Å². The van der Waals surface area contributed by atoms with Crippen molar-refractivity contribution in [2.24, 2.45) is 5.92 Å². The molecule has 4 heterocycles. The molecular formula is C16H20N8O2S. The third-order valence-corrected chi connectivity index (χ3v) is 5.82. The van der Waals surface area contributed by atoms with Crippen molar-refractivity contribution in [3.63, 3.8) is 0 Å². The third-order valence-electron chi connectivity index (χ3n) is 4.81. The van der Waals surface area contributed by atoms with Crippen molar-refractivity contribution < 1.29 is 8.42 Å². The molecule has 0 aliphatic carbocycles. The van der Waals surface area contributed by atoms with Crippen LogP contribution in [0, 0.1) is 5.92 Å². The van der Waals surface area contributed by atoms with E-state index in [1.54, 1.807) is 6.20 Å². The van der Waals surface area contributed by atoms with Gasteiger partial charge in [-0.2, -0.15) is 0 Å². The number of H-pyrrole nitrogens is 1. The maximum atomic E-state index is 12.2. The first-order valence-corrected chi connectivity index (χ1v) is 10.6. The zero-order valence-electron chi connectivity index (χ0n) is 14.9. The van der Waals surface area contributed by atoms with Crippen LogP contribution >= 0.6 is 0 Å². The van der Waals surface area contributed by atoms with Crippen molar-refractivity contribution in [3.05, 3.63) is 31.0 Å². The number of piperidine rings is 1. The molecule has 142 valence electrons. The molecule has 3 aromatic heterocycles. The monoisotopic (exact) mass is 388 g/mol. The summed E-state index contributed by atoms with van der Waals surface area (Å²) < 4.78 is 26.6. The number of rotatable bonds is 5. The lowest BCUT2D eigenvalue weighted by atomic mass is 9.96. The second-order valence-corrected chi connectivity index (χ2v) is 8.65. The van der Waals surface area contributed by atoms with Crippen molar-refractivity contribution in [1.82, 2.24) is 35.2 Å². The van der Waals surface area contributed by atoms with Crippen molar-refractivity contribution in [1.29, 1.82) is 0 Å². The largest absolute Gasteiger partial charge is 0.371 e. The minimum absolute atomic E-state index is 0.0147. The summed E-state index contributed by atoms with van der Waals surface area (Å²) in [7, 11) is -3.53. The number of hydrogen-bond acceptors (Lipinski definition) is 8. The van der Waals surface area contributed by atoms with E-state index in [2.05, 4.69) is 40.1 Å². The molecule has 1 fully saturated rings. The molecule has 0 atom stereocenters. The summed E-state index contributed by atoms with van der Waals surface area (Å²) in [4.78, 5) is 10.4. The van der Waals surface area contributed by atoms with Crippen LogP contribution in [-0.4, -0.2) is 62.9 Å². The Kier molecular flexibility index (Phi) is 4.60. The van der Waals surface area contributed by atoms with Crippen LogP contribution in [0.4, 0.5) is 5.69 Å². The van der Waals surface area contributed by atoms with Crippen LogP contribution in [0.5, 0.6) is 0 Å². The highest BCUT2D eigenvalue weighted by Gasteiger charge is 2.27. The van der Waals surface area contributed by atoms with Gasteiger partial charge < -0.3 is 9.47 Å². The van der Waals surface area contributed by atoms with E-state index in [4.69, 9.17) is 0 Å². The molecule has 4 rings (SSSR count). The second kappa shape index (κ2) is 7.06. The van der Waals surface area contributed by atoms with Crippen LogP contribution in [-0.2, 0) is 16.4 Å². The van der Waals surface area contributed by atoms with E-state index < -0.39 is 9.84 Å². The number of imidazole rings is 1. The van der Waals surface area contributed by atoms with Crippen LogP contribution in [0.2, 0.25) is 0 Å².